The Morgan fingerprint density at radius 2 is 2.00 bits per heavy atom. The van der Waals surface area contributed by atoms with Crippen molar-refractivity contribution in [2.24, 2.45) is 5.14 Å². The largest absolute Gasteiger partial charge is 0.262 e. The van der Waals surface area contributed by atoms with E-state index < -0.39 is 21.6 Å². The molecular formula is C15H13FN4O2S. The molecule has 0 atom stereocenters. The molecule has 2 N–H and O–H groups in total. The van der Waals surface area contributed by atoms with Crippen molar-refractivity contribution in [3.8, 4) is 16.8 Å². The summed E-state index contributed by atoms with van der Waals surface area (Å²) in [4.78, 5) is 4.01. The smallest absolute Gasteiger partial charge is 0.213 e. The first-order valence-corrected chi connectivity index (χ1v) is 8.38. The summed E-state index contributed by atoms with van der Waals surface area (Å²) >= 11 is 0. The molecule has 0 aliphatic rings. The predicted octanol–water partition coefficient (Wildman–Crippen LogP) is 1.86. The Kier molecular flexibility index (Phi) is 3.93. The van der Waals surface area contributed by atoms with E-state index in [4.69, 9.17) is 5.14 Å². The average Bonchev–Trinajstić information content (AvgIpc) is 2.99. The number of halogens is 1. The van der Waals surface area contributed by atoms with Crippen molar-refractivity contribution in [2.75, 3.05) is 0 Å². The zero-order valence-corrected chi connectivity index (χ0v) is 12.7. The van der Waals surface area contributed by atoms with Gasteiger partial charge in [0, 0.05) is 23.5 Å². The van der Waals surface area contributed by atoms with Gasteiger partial charge in [0.15, 0.2) is 0 Å². The molecule has 0 saturated heterocycles. The van der Waals surface area contributed by atoms with Crippen LogP contribution in [0.4, 0.5) is 4.39 Å². The SMILES string of the molecule is NS(=O)(=O)Cc1ccc(-c2cnn(-c3cccnc3)c2)cc1F. The molecule has 1 aromatic carbocycles. The molecule has 0 unspecified atom stereocenters. The number of rotatable bonds is 4. The Morgan fingerprint density at radius 3 is 2.65 bits per heavy atom. The van der Waals surface area contributed by atoms with Gasteiger partial charge in [-0.1, -0.05) is 12.1 Å². The number of hydrogen-bond acceptors (Lipinski definition) is 4. The number of hydrogen-bond donors (Lipinski definition) is 1. The first-order chi connectivity index (χ1) is 10.9. The van der Waals surface area contributed by atoms with E-state index in [1.165, 1.54) is 12.1 Å². The first kappa shape index (κ1) is 15.3. The summed E-state index contributed by atoms with van der Waals surface area (Å²) < 4.78 is 37.8. The van der Waals surface area contributed by atoms with Crippen LogP contribution in [0.3, 0.4) is 0 Å². The third-order valence-corrected chi connectivity index (χ3v) is 3.95. The standard InChI is InChI=1S/C15H13FN4O2S/c16-15-6-11(3-4-12(15)10-23(17,21)22)13-7-19-20(9-13)14-2-1-5-18-8-14/h1-9H,10H2,(H2,17,21,22). The highest BCUT2D eigenvalue weighted by Crippen LogP contribution is 2.23. The van der Waals surface area contributed by atoms with E-state index in [-0.39, 0.29) is 5.56 Å². The molecule has 0 fully saturated rings. The Labute approximate surface area is 132 Å². The van der Waals surface area contributed by atoms with Crippen LogP contribution in [0, 0.1) is 5.82 Å². The third kappa shape index (κ3) is 3.61. The maximum absolute atomic E-state index is 14.0. The molecular weight excluding hydrogens is 319 g/mol. The first-order valence-electron chi connectivity index (χ1n) is 6.67. The fraction of sp³-hybridized carbons (Fsp3) is 0.0667. The van der Waals surface area contributed by atoms with E-state index in [0.29, 0.717) is 11.1 Å². The van der Waals surface area contributed by atoms with Crippen molar-refractivity contribution < 1.29 is 12.8 Å². The molecule has 118 valence electrons. The van der Waals surface area contributed by atoms with E-state index >= 15 is 0 Å². The summed E-state index contributed by atoms with van der Waals surface area (Å²) in [6.07, 6.45) is 6.66. The molecule has 23 heavy (non-hydrogen) atoms. The van der Waals surface area contributed by atoms with Gasteiger partial charge >= 0.3 is 0 Å². The normalized spacial score (nSPS) is 11.6. The lowest BCUT2D eigenvalue weighted by atomic mass is 10.1. The number of pyridine rings is 1. The minimum absolute atomic E-state index is 0.0379. The highest BCUT2D eigenvalue weighted by Gasteiger charge is 2.12. The van der Waals surface area contributed by atoms with Gasteiger partial charge in [0.2, 0.25) is 10.0 Å². The fourth-order valence-electron chi connectivity index (χ4n) is 2.16. The van der Waals surface area contributed by atoms with Crippen LogP contribution in [-0.2, 0) is 15.8 Å². The highest BCUT2D eigenvalue weighted by atomic mass is 32.2. The summed E-state index contributed by atoms with van der Waals surface area (Å²) in [5.74, 6) is -1.15. The van der Waals surface area contributed by atoms with Crippen LogP contribution >= 0.6 is 0 Å². The molecule has 0 aliphatic carbocycles. The summed E-state index contributed by atoms with van der Waals surface area (Å²) in [5, 5.41) is 9.15. The van der Waals surface area contributed by atoms with Gasteiger partial charge in [-0.2, -0.15) is 5.10 Å². The van der Waals surface area contributed by atoms with Crippen LogP contribution < -0.4 is 5.14 Å². The molecule has 8 heteroatoms. The Hall–Kier alpha value is -2.58. The molecule has 3 rings (SSSR count). The third-order valence-electron chi connectivity index (χ3n) is 3.24. The summed E-state index contributed by atoms with van der Waals surface area (Å²) in [6, 6.07) is 7.95. The number of nitrogens with two attached hydrogens (primary N) is 1. The van der Waals surface area contributed by atoms with Gasteiger partial charge in [-0.3, -0.25) is 4.98 Å². The van der Waals surface area contributed by atoms with Crippen molar-refractivity contribution >= 4 is 10.0 Å². The summed E-state index contributed by atoms with van der Waals surface area (Å²) in [7, 11) is -3.77. The van der Waals surface area contributed by atoms with Crippen molar-refractivity contribution in [2.45, 2.75) is 5.75 Å². The van der Waals surface area contributed by atoms with E-state index in [1.54, 1.807) is 41.6 Å². The van der Waals surface area contributed by atoms with Crippen LogP contribution in [0.25, 0.3) is 16.8 Å². The lowest BCUT2D eigenvalue weighted by molar-refractivity contribution is 0.588. The molecule has 0 aliphatic heterocycles. The van der Waals surface area contributed by atoms with Gasteiger partial charge in [-0.15, -0.1) is 0 Å². The number of nitrogens with zero attached hydrogens (tertiary/aromatic N) is 3. The van der Waals surface area contributed by atoms with Gasteiger partial charge in [0.05, 0.1) is 23.8 Å². The number of primary sulfonamides is 1. The highest BCUT2D eigenvalue weighted by molar-refractivity contribution is 7.88. The number of benzene rings is 1. The molecule has 0 amide bonds. The number of aromatic nitrogens is 3. The Bertz CT molecular complexity index is 939. The summed E-state index contributed by atoms with van der Waals surface area (Å²) in [6.45, 7) is 0. The zero-order chi connectivity index (χ0) is 16.4. The Morgan fingerprint density at radius 1 is 1.17 bits per heavy atom. The van der Waals surface area contributed by atoms with Crippen molar-refractivity contribution in [1.29, 1.82) is 0 Å². The second-order valence-corrected chi connectivity index (χ2v) is 6.61. The number of sulfonamides is 1. The Balaban J connectivity index is 1.91. The minimum Gasteiger partial charge on any atom is -0.262 e. The second kappa shape index (κ2) is 5.90. The lowest BCUT2D eigenvalue weighted by Crippen LogP contribution is -2.15. The van der Waals surface area contributed by atoms with Crippen molar-refractivity contribution in [3.05, 3.63) is 66.5 Å². The fourth-order valence-corrected chi connectivity index (χ4v) is 2.83. The maximum atomic E-state index is 14.0. The summed E-state index contributed by atoms with van der Waals surface area (Å²) in [5.41, 5.74) is 2.12. The van der Waals surface area contributed by atoms with Gasteiger partial charge < -0.3 is 0 Å². The molecule has 0 bridgehead atoms. The van der Waals surface area contributed by atoms with Crippen LogP contribution in [0.15, 0.2) is 55.1 Å². The quantitative estimate of drug-likeness (QED) is 0.789. The molecule has 2 aromatic heterocycles. The van der Waals surface area contributed by atoms with E-state index in [0.717, 1.165) is 5.69 Å². The molecule has 0 radical (unpaired) electrons. The lowest BCUT2D eigenvalue weighted by Gasteiger charge is -2.04. The minimum atomic E-state index is -3.77. The maximum Gasteiger partial charge on any atom is 0.213 e. The van der Waals surface area contributed by atoms with E-state index in [1.807, 2.05) is 6.07 Å². The van der Waals surface area contributed by atoms with E-state index in [2.05, 4.69) is 10.1 Å². The predicted molar refractivity (Wildman–Crippen MR) is 83.6 cm³/mol. The second-order valence-electron chi connectivity index (χ2n) is 5.00. The molecule has 3 aromatic rings. The molecule has 0 spiro atoms. The topological polar surface area (TPSA) is 90.9 Å². The molecule has 0 saturated carbocycles. The monoisotopic (exact) mass is 332 g/mol. The van der Waals surface area contributed by atoms with Crippen LogP contribution in [0.2, 0.25) is 0 Å². The van der Waals surface area contributed by atoms with Crippen LogP contribution in [0.1, 0.15) is 5.56 Å². The molecule has 2 heterocycles. The molecule has 6 nitrogen and oxygen atoms in total. The van der Waals surface area contributed by atoms with Crippen LogP contribution in [0.5, 0.6) is 0 Å². The van der Waals surface area contributed by atoms with Crippen molar-refractivity contribution in [3.63, 3.8) is 0 Å². The van der Waals surface area contributed by atoms with Crippen molar-refractivity contribution in [1.82, 2.24) is 14.8 Å². The van der Waals surface area contributed by atoms with Gasteiger partial charge in [-0.05, 0) is 23.8 Å². The van der Waals surface area contributed by atoms with Crippen LogP contribution in [-0.4, -0.2) is 23.2 Å². The van der Waals surface area contributed by atoms with Gasteiger partial charge in [0.1, 0.15) is 5.82 Å². The van der Waals surface area contributed by atoms with E-state index in [9.17, 15) is 12.8 Å². The van der Waals surface area contributed by atoms with Gasteiger partial charge in [-0.25, -0.2) is 22.6 Å². The zero-order valence-electron chi connectivity index (χ0n) is 11.9. The average molecular weight is 332 g/mol. The van der Waals surface area contributed by atoms with Gasteiger partial charge in [0.25, 0.3) is 0 Å².